The minimum absolute atomic E-state index is 0.352. The molecule has 3 nitrogen and oxygen atoms in total. The molecule has 1 saturated heterocycles. The molecule has 1 saturated carbocycles. The van der Waals surface area contributed by atoms with Crippen LogP contribution in [0, 0.1) is 11.8 Å². The van der Waals surface area contributed by atoms with Crippen molar-refractivity contribution in [2.45, 2.75) is 71.1 Å². The van der Waals surface area contributed by atoms with E-state index in [9.17, 15) is 0 Å². The van der Waals surface area contributed by atoms with Crippen molar-refractivity contribution >= 4 is 0 Å². The highest BCUT2D eigenvalue weighted by molar-refractivity contribution is 4.95. The Morgan fingerprint density at radius 3 is 2.68 bits per heavy atom. The maximum atomic E-state index is 5.64. The van der Waals surface area contributed by atoms with Gasteiger partial charge in [-0.2, -0.15) is 0 Å². The zero-order chi connectivity index (χ0) is 13.8. The average Bonchev–Trinajstić information content (AvgIpc) is 2.74. The fourth-order valence-corrected chi connectivity index (χ4v) is 3.44. The molecule has 2 rings (SSSR count). The van der Waals surface area contributed by atoms with E-state index in [1.165, 1.54) is 18.5 Å². The van der Waals surface area contributed by atoms with Gasteiger partial charge in [0, 0.05) is 11.7 Å². The molecule has 0 aromatic heterocycles. The van der Waals surface area contributed by atoms with Gasteiger partial charge >= 0.3 is 0 Å². The Balaban J connectivity index is 1.70. The van der Waals surface area contributed by atoms with Crippen molar-refractivity contribution in [2.24, 2.45) is 11.8 Å². The van der Waals surface area contributed by atoms with Crippen LogP contribution in [0.3, 0.4) is 0 Å². The Labute approximate surface area is 117 Å². The fourth-order valence-electron chi connectivity index (χ4n) is 3.44. The Kier molecular flexibility index (Phi) is 5.28. The average molecular weight is 267 g/mol. The second-order valence-electron chi connectivity index (χ2n) is 6.69. The van der Waals surface area contributed by atoms with Crippen molar-refractivity contribution in [3.8, 4) is 0 Å². The van der Waals surface area contributed by atoms with Gasteiger partial charge < -0.3 is 14.8 Å². The number of fused-ring (bicyclic) bond motifs is 1. The number of hydrogen-bond acceptors (Lipinski definition) is 3. The molecule has 110 valence electrons. The van der Waals surface area contributed by atoms with Gasteiger partial charge in [0.2, 0.25) is 0 Å². The molecule has 0 radical (unpaired) electrons. The van der Waals surface area contributed by atoms with Crippen LogP contribution in [0.1, 0.15) is 52.9 Å². The van der Waals surface area contributed by atoms with E-state index in [4.69, 9.17) is 9.47 Å². The Bertz CT molecular complexity index is 303. The summed E-state index contributed by atoms with van der Waals surface area (Å²) in [5.74, 6) is 1.43. The molecule has 1 aliphatic carbocycles. The molecule has 2 fully saturated rings. The molecule has 1 N–H and O–H groups in total. The summed E-state index contributed by atoms with van der Waals surface area (Å²) < 4.78 is 11.2. The third-order valence-electron chi connectivity index (χ3n) is 4.20. The second kappa shape index (κ2) is 6.76. The second-order valence-corrected chi connectivity index (χ2v) is 6.69. The maximum Gasteiger partial charge on any atom is 0.147 e. The quantitative estimate of drug-likeness (QED) is 0.799. The first-order valence-corrected chi connectivity index (χ1v) is 7.72. The van der Waals surface area contributed by atoms with Crippen LogP contribution in [-0.2, 0) is 9.47 Å². The van der Waals surface area contributed by atoms with Crippen molar-refractivity contribution in [1.82, 2.24) is 5.32 Å². The Morgan fingerprint density at radius 2 is 1.95 bits per heavy atom. The number of nitrogens with one attached hydrogen (secondary N) is 1. The SMILES string of the molecule is C=C(CC(C)C)NC(C)CC1CCC2OCOC2C1. The van der Waals surface area contributed by atoms with E-state index >= 15 is 0 Å². The van der Waals surface area contributed by atoms with Crippen LogP contribution in [0.4, 0.5) is 0 Å². The van der Waals surface area contributed by atoms with Gasteiger partial charge in [0.1, 0.15) is 6.79 Å². The first kappa shape index (κ1) is 14.9. The predicted molar refractivity (Wildman–Crippen MR) is 77.8 cm³/mol. The minimum atomic E-state index is 0.352. The summed E-state index contributed by atoms with van der Waals surface area (Å²) in [6.07, 6.45) is 6.59. The zero-order valence-electron chi connectivity index (χ0n) is 12.7. The molecular formula is C16H29NO2. The van der Waals surface area contributed by atoms with Gasteiger partial charge in [0.25, 0.3) is 0 Å². The van der Waals surface area contributed by atoms with Gasteiger partial charge in [-0.05, 0) is 50.9 Å². The van der Waals surface area contributed by atoms with Crippen molar-refractivity contribution in [1.29, 1.82) is 0 Å². The Hall–Kier alpha value is -0.540. The van der Waals surface area contributed by atoms with Crippen molar-refractivity contribution in [2.75, 3.05) is 6.79 Å². The molecule has 1 heterocycles. The van der Waals surface area contributed by atoms with Gasteiger partial charge in [-0.3, -0.25) is 0 Å². The largest absolute Gasteiger partial charge is 0.386 e. The summed E-state index contributed by atoms with van der Waals surface area (Å²) in [5, 5.41) is 3.55. The lowest BCUT2D eigenvalue weighted by atomic mass is 9.82. The van der Waals surface area contributed by atoms with Crippen LogP contribution in [-0.4, -0.2) is 25.0 Å². The molecule has 0 aromatic carbocycles. The monoisotopic (exact) mass is 267 g/mol. The molecule has 0 amide bonds. The van der Waals surface area contributed by atoms with Gasteiger partial charge in [-0.1, -0.05) is 20.4 Å². The molecule has 4 atom stereocenters. The van der Waals surface area contributed by atoms with Crippen molar-refractivity contribution in [3.05, 3.63) is 12.3 Å². The summed E-state index contributed by atoms with van der Waals surface area (Å²) in [4.78, 5) is 0. The Morgan fingerprint density at radius 1 is 1.21 bits per heavy atom. The summed E-state index contributed by atoms with van der Waals surface area (Å²) >= 11 is 0. The molecule has 0 aromatic rings. The van der Waals surface area contributed by atoms with Crippen LogP contribution in [0.15, 0.2) is 12.3 Å². The molecule has 3 heteroatoms. The van der Waals surface area contributed by atoms with Gasteiger partial charge in [0.15, 0.2) is 0 Å². The molecule has 1 aliphatic heterocycles. The highest BCUT2D eigenvalue weighted by Crippen LogP contribution is 2.34. The third kappa shape index (κ3) is 4.50. The first-order valence-electron chi connectivity index (χ1n) is 7.72. The number of rotatable bonds is 6. The molecule has 0 bridgehead atoms. The van der Waals surface area contributed by atoms with E-state index in [1.807, 2.05) is 0 Å². The summed E-state index contributed by atoms with van der Waals surface area (Å²) in [6.45, 7) is 11.4. The van der Waals surface area contributed by atoms with Crippen LogP contribution >= 0.6 is 0 Å². The first-order chi connectivity index (χ1) is 9.04. The van der Waals surface area contributed by atoms with E-state index in [1.54, 1.807) is 0 Å². The van der Waals surface area contributed by atoms with E-state index < -0.39 is 0 Å². The number of ether oxygens (including phenoxy) is 2. The van der Waals surface area contributed by atoms with Gasteiger partial charge in [-0.15, -0.1) is 0 Å². The predicted octanol–water partition coefficient (Wildman–Crippen LogP) is 3.46. The van der Waals surface area contributed by atoms with E-state index in [0.29, 0.717) is 31.0 Å². The van der Waals surface area contributed by atoms with Gasteiger partial charge in [0.05, 0.1) is 12.2 Å². The normalized spacial score (nSPS) is 32.1. The van der Waals surface area contributed by atoms with Gasteiger partial charge in [-0.25, -0.2) is 0 Å². The highest BCUT2D eigenvalue weighted by Gasteiger charge is 2.36. The maximum absolute atomic E-state index is 5.64. The van der Waals surface area contributed by atoms with Crippen LogP contribution < -0.4 is 5.32 Å². The lowest BCUT2D eigenvalue weighted by Gasteiger charge is -2.31. The highest BCUT2D eigenvalue weighted by atomic mass is 16.7. The van der Waals surface area contributed by atoms with Crippen LogP contribution in [0.25, 0.3) is 0 Å². The molecule has 4 unspecified atom stereocenters. The lowest BCUT2D eigenvalue weighted by Crippen LogP contribution is -2.35. The van der Waals surface area contributed by atoms with E-state index in [0.717, 1.165) is 25.2 Å². The summed E-state index contributed by atoms with van der Waals surface area (Å²) in [6, 6.07) is 0.509. The molecule has 2 aliphatic rings. The third-order valence-corrected chi connectivity index (χ3v) is 4.20. The van der Waals surface area contributed by atoms with Crippen LogP contribution in [0.2, 0.25) is 0 Å². The number of hydrogen-bond donors (Lipinski definition) is 1. The zero-order valence-corrected chi connectivity index (χ0v) is 12.7. The van der Waals surface area contributed by atoms with E-state index in [2.05, 4.69) is 32.7 Å². The fraction of sp³-hybridized carbons (Fsp3) is 0.875. The summed E-state index contributed by atoms with van der Waals surface area (Å²) in [7, 11) is 0. The standard InChI is InChI=1S/C16H29NO2/c1-11(2)7-12(3)17-13(4)8-14-5-6-15-16(9-14)19-10-18-15/h11,13-17H,3,5-10H2,1-2,4H3. The smallest absolute Gasteiger partial charge is 0.147 e. The lowest BCUT2D eigenvalue weighted by molar-refractivity contribution is 0.0386. The molecule has 0 spiro atoms. The summed E-state index contributed by atoms with van der Waals surface area (Å²) in [5.41, 5.74) is 1.18. The molecule has 19 heavy (non-hydrogen) atoms. The van der Waals surface area contributed by atoms with E-state index in [-0.39, 0.29) is 0 Å². The molecular weight excluding hydrogens is 238 g/mol. The number of allylic oxidation sites excluding steroid dienone is 1. The van der Waals surface area contributed by atoms with Crippen molar-refractivity contribution < 1.29 is 9.47 Å². The topological polar surface area (TPSA) is 30.5 Å². The minimum Gasteiger partial charge on any atom is -0.386 e. The van der Waals surface area contributed by atoms with Crippen molar-refractivity contribution in [3.63, 3.8) is 0 Å². The van der Waals surface area contributed by atoms with Crippen LogP contribution in [0.5, 0.6) is 0 Å².